The third kappa shape index (κ3) is 4.52. The van der Waals surface area contributed by atoms with E-state index in [-0.39, 0.29) is 9.34 Å². The highest BCUT2D eigenvalue weighted by molar-refractivity contribution is 7.91. The van der Waals surface area contributed by atoms with Crippen molar-refractivity contribution >= 4 is 26.5 Å². The van der Waals surface area contributed by atoms with Crippen molar-refractivity contribution in [3.8, 4) is 0 Å². The lowest BCUT2D eigenvalue weighted by Gasteiger charge is -2.05. The van der Waals surface area contributed by atoms with Crippen molar-refractivity contribution < 1.29 is 13.2 Å². The zero-order valence-corrected chi connectivity index (χ0v) is 12.2. The van der Waals surface area contributed by atoms with Gasteiger partial charge in [0.25, 0.3) is 10.0 Å². The number of rotatable bonds is 8. The summed E-state index contributed by atoms with van der Waals surface area (Å²) in [6, 6.07) is 0. The number of nitrogen functional groups attached to an aromatic ring is 1. The van der Waals surface area contributed by atoms with E-state index in [0.29, 0.717) is 31.9 Å². The highest BCUT2D eigenvalue weighted by Crippen LogP contribution is 2.24. The molecule has 0 bridgehead atoms. The maximum Gasteiger partial charge on any atom is 0.252 e. The smallest absolute Gasteiger partial charge is 0.252 e. The SMILES string of the molecule is CCCOCCCNS(=O)(=O)c1sc(N)nc1C. The van der Waals surface area contributed by atoms with Crippen LogP contribution in [0, 0.1) is 6.92 Å². The predicted molar refractivity (Wildman–Crippen MR) is 72.2 cm³/mol. The Bertz CT molecular complexity index is 471. The van der Waals surface area contributed by atoms with Crippen molar-refractivity contribution in [2.75, 3.05) is 25.5 Å². The van der Waals surface area contributed by atoms with Crippen LogP contribution in [0.3, 0.4) is 0 Å². The number of anilines is 1. The van der Waals surface area contributed by atoms with Gasteiger partial charge in [0, 0.05) is 19.8 Å². The summed E-state index contributed by atoms with van der Waals surface area (Å²) >= 11 is 0.978. The highest BCUT2D eigenvalue weighted by Gasteiger charge is 2.20. The van der Waals surface area contributed by atoms with Crippen LogP contribution < -0.4 is 10.5 Å². The summed E-state index contributed by atoms with van der Waals surface area (Å²) in [6.45, 7) is 5.27. The molecule has 0 atom stereocenters. The van der Waals surface area contributed by atoms with Crippen LogP contribution in [0.2, 0.25) is 0 Å². The number of nitrogens with two attached hydrogens (primary N) is 1. The van der Waals surface area contributed by atoms with Gasteiger partial charge in [-0.05, 0) is 19.8 Å². The van der Waals surface area contributed by atoms with Gasteiger partial charge < -0.3 is 10.5 Å². The van der Waals surface area contributed by atoms with Crippen LogP contribution in [0.1, 0.15) is 25.5 Å². The van der Waals surface area contributed by atoms with Gasteiger partial charge in [-0.2, -0.15) is 0 Å². The Labute approximate surface area is 112 Å². The molecule has 0 amide bonds. The average molecular weight is 293 g/mol. The number of thiazole rings is 1. The molecule has 0 unspecified atom stereocenters. The zero-order valence-electron chi connectivity index (χ0n) is 10.6. The van der Waals surface area contributed by atoms with Crippen molar-refractivity contribution in [2.45, 2.75) is 30.9 Å². The third-order valence-corrected chi connectivity index (χ3v) is 5.18. The standard InChI is InChI=1S/C10H19N3O3S2/c1-3-6-16-7-4-5-12-18(14,15)9-8(2)13-10(11)17-9/h12H,3-7H2,1-2H3,(H2,11,13). The van der Waals surface area contributed by atoms with E-state index in [0.717, 1.165) is 17.8 Å². The Balaban J connectivity index is 2.43. The molecular formula is C10H19N3O3S2. The summed E-state index contributed by atoms with van der Waals surface area (Å²) in [4.78, 5) is 3.90. The fourth-order valence-corrected chi connectivity index (χ4v) is 3.76. The van der Waals surface area contributed by atoms with Gasteiger partial charge in [0.15, 0.2) is 9.34 Å². The number of aromatic nitrogens is 1. The van der Waals surface area contributed by atoms with Crippen molar-refractivity contribution in [2.24, 2.45) is 0 Å². The van der Waals surface area contributed by atoms with Gasteiger partial charge in [-0.15, -0.1) is 0 Å². The van der Waals surface area contributed by atoms with Gasteiger partial charge in [-0.1, -0.05) is 18.3 Å². The molecule has 0 spiro atoms. The first-order valence-electron chi connectivity index (χ1n) is 5.77. The minimum absolute atomic E-state index is 0.189. The molecule has 1 rings (SSSR count). The van der Waals surface area contributed by atoms with Crippen LogP contribution in [0.5, 0.6) is 0 Å². The maximum atomic E-state index is 11.9. The van der Waals surface area contributed by atoms with Gasteiger partial charge in [-0.3, -0.25) is 0 Å². The van der Waals surface area contributed by atoms with Crippen LogP contribution >= 0.6 is 11.3 Å². The lowest BCUT2D eigenvalue weighted by Crippen LogP contribution is -2.25. The molecule has 6 nitrogen and oxygen atoms in total. The quantitative estimate of drug-likeness (QED) is 0.701. The Morgan fingerprint density at radius 2 is 2.17 bits per heavy atom. The van der Waals surface area contributed by atoms with E-state index in [1.807, 2.05) is 6.92 Å². The van der Waals surface area contributed by atoms with Crippen LogP contribution in [-0.4, -0.2) is 33.2 Å². The Morgan fingerprint density at radius 1 is 1.44 bits per heavy atom. The summed E-state index contributed by atoms with van der Waals surface area (Å²) in [5.41, 5.74) is 5.92. The van der Waals surface area contributed by atoms with Gasteiger partial charge >= 0.3 is 0 Å². The van der Waals surface area contributed by atoms with E-state index in [9.17, 15) is 8.42 Å². The van der Waals surface area contributed by atoms with Crippen LogP contribution in [-0.2, 0) is 14.8 Å². The molecular weight excluding hydrogens is 274 g/mol. The van der Waals surface area contributed by atoms with Crippen molar-refractivity contribution in [1.29, 1.82) is 0 Å². The van der Waals surface area contributed by atoms with Gasteiger partial charge in [0.1, 0.15) is 0 Å². The van der Waals surface area contributed by atoms with Gasteiger partial charge in [0.05, 0.1) is 5.69 Å². The summed E-state index contributed by atoms with van der Waals surface area (Å²) in [7, 11) is -3.49. The fourth-order valence-electron chi connectivity index (χ4n) is 1.34. The van der Waals surface area contributed by atoms with Crippen LogP contribution in [0.25, 0.3) is 0 Å². The van der Waals surface area contributed by atoms with Crippen molar-refractivity contribution in [3.63, 3.8) is 0 Å². The summed E-state index contributed by atoms with van der Waals surface area (Å²) in [5.74, 6) is 0. The molecule has 3 N–H and O–H groups in total. The molecule has 1 heterocycles. The van der Waals surface area contributed by atoms with E-state index >= 15 is 0 Å². The lowest BCUT2D eigenvalue weighted by molar-refractivity contribution is 0.133. The summed E-state index contributed by atoms with van der Waals surface area (Å²) in [6.07, 6.45) is 1.61. The van der Waals surface area contributed by atoms with E-state index in [2.05, 4.69) is 9.71 Å². The third-order valence-electron chi connectivity index (χ3n) is 2.12. The predicted octanol–water partition coefficient (Wildman–Crippen LogP) is 1.13. The Hall–Kier alpha value is -0.700. The molecule has 0 aromatic carbocycles. The minimum Gasteiger partial charge on any atom is -0.381 e. The van der Waals surface area contributed by atoms with Crippen molar-refractivity contribution in [1.82, 2.24) is 9.71 Å². The molecule has 1 aromatic heterocycles. The molecule has 0 aliphatic carbocycles. The van der Waals surface area contributed by atoms with E-state index in [1.54, 1.807) is 6.92 Å². The van der Waals surface area contributed by atoms with E-state index < -0.39 is 10.0 Å². The second-order valence-electron chi connectivity index (χ2n) is 3.79. The molecule has 1 aromatic rings. The van der Waals surface area contributed by atoms with Gasteiger partial charge in [0.2, 0.25) is 0 Å². The lowest BCUT2D eigenvalue weighted by atomic mass is 10.4. The van der Waals surface area contributed by atoms with E-state index in [1.165, 1.54) is 0 Å². The number of hydrogen-bond acceptors (Lipinski definition) is 6. The van der Waals surface area contributed by atoms with Crippen molar-refractivity contribution in [3.05, 3.63) is 5.69 Å². The number of aryl methyl sites for hydroxylation is 1. The first-order valence-corrected chi connectivity index (χ1v) is 8.07. The molecule has 0 fully saturated rings. The molecule has 0 radical (unpaired) electrons. The van der Waals surface area contributed by atoms with E-state index in [4.69, 9.17) is 10.5 Å². The molecule has 0 aliphatic rings. The number of ether oxygens (including phenoxy) is 1. The molecule has 0 saturated carbocycles. The molecule has 0 saturated heterocycles. The molecule has 0 aliphatic heterocycles. The molecule has 104 valence electrons. The first kappa shape index (κ1) is 15.4. The molecule has 18 heavy (non-hydrogen) atoms. The minimum atomic E-state index is -3.49. The second-order valence-corrected chi connectivity index (χ2v) is 6.78. The number of sulfonamides is 1. The average Bonchev–Trinajstić information content (AvgIpc) is 2.63. The summed E-state index contributed by atoms with van der Waals surface area (Å²) < 4.78 is 31.8. The topological polar surface area (TPSA) is 94.3 Å². The number of nitrogens with zero attached hydrogens (tertiary/aromatic N) is 1. The van der Waals surface area contributed by atoms with Crippen LogP contribution in [0.4, 0.5) is 5.13 Å². The highest BCUT2D eigenvalue weighted by atomic mass is 32.2. The fraction of sp³-hybridized carbons (Fsp3) is 0.700. The largest absolute Gasteiger partial charge is 0.381 e. The first-order chi connectivity index (χ1) is 8.47. The summed E-state index contributed by atoms with van der Waals surface area (Å²) in [5, 5.41) is 0.263. The second kappa shape index (κ2) is 7.03. The number of hydrogen-bond donors (Lipinski definition) is 2. The maximum absolute atomic E-state index is 11.9. The monoisotopic (exact) mass is 293 g/mol. The Kier molecular flexibility index (Phi) is 6.00. The zero-order chi connectivity index (χ0) is 13.6. The van der Waals surface area contributed by atoms with Gasteiger partial charge in [-0.25, -0.2) is 18.1 Å². The Morgan fingerprint density at radius 3 is 2.72 bits per heavy atom. The number of nitrogens with one attached hydrogen (secondary N) is 1. The molecule has 8 heteroatoms. The normalized spacial score (nSPS) is 11.9. The van der Waals surface area contributed by atoms with Crippen LogP contribution in [0.15, 0.2) is 4.21 Å².